The number of amides is 1. The minimum atomic E-state index is -3.20. The number of hydrogen-bond acceptors (Lipinski definition) is 4. The third kappa shape index (κ3) is 4.85. The monoisotopic (exact) mass is 464 g/mol. The fraction of sp³-hybridized carbons (Fsp3) is 0.280. The van der Waals surface area contributed by atoms with E-state index in [2.05, 4.69) is 5.10 Å². The minimum absolute atomic E-state index is 0.118. The number of likely N-dealkylation sites (N-methyl/N-ethyl adjacent to an activating group) is 1. The van der Waals surface area contributed by atoms with Gasteiger partial charge in [0.1, 0.15) is 0 Å². The Morgan fingerprint density at radius 3 is 2.39 bits per heavy atom. The molecule has 1 amide bonds. The second-order valence-electron chi connectivity index (χ2n) is 8.26. The van der Waals surface area contributed by atoms with Crippen LogP contribution in [0.15, 0.2) is 60.7 Å². The molecule has 1 aromatic heterocycles. The number of carbonyl (C=O) groups is 1. The molecule has 4 rings (SSSR count). The van der Waals surface area contributed by atoms with Gasteiger partial charge in [0.25, 0.3) is 0 Å². The standard InChI is InChI=1S/C25H28N4O3S/c1-19-24(20(2)29(26-19)23-8-5-4-6-9-23)18-27(3)25(30)15-12-21-10-13-22(14-11-21)28-16-7-17-33(28,31)32/h4-6,8-15H,7,16-18H2,1-3H3/b15-12+. The second kappa shape index (κ2) is 9.23. The van der Waals surface area contributed by atoms with Crippen LogP contribution < -0.4 is 4.31 Å². The van der Waals surface area contributed by atoms with Gasteiger partial charge in [0.2, 0.25) is 15.9 Å². The molecule has 172 valence electrons. The first kappa shape index (κ1) is 22.8. The molecule has 7 nitrogen and oxygen atoms in total. The first-order valence-electron chi connectivity index (χ1n) is 10.9. The fourth-order valence-corrected chi connectivity index (χ4v) is 5.58. The van der Waals surface area contributed by atoms with Crippen LogP contribution in [0.3, 0.4) is 0 Å². The van der Waals surface area contributed by atoms with E-state index in [4.69, 9.17) is 0 Å². The van der Waals surface area contributed by atoms with Crippen molar-refractivity contribution in [3.63, 3.8) is 0 Å². The van der Waals surface area contributed by atoms with Crippen molar-refractivity contribution in [2.24, 2.45) is 0 Å². The molecule has 1 saturated heterocycles. The highest BCUT2D eigenvalue weighted by Crippen LogP contribution is 2.24. The summed E-state index contributed by atoms with van der Waals surface area (Å²) in [6.07, 6.45) is 3.93. The van der Waals surface area contributed by atoms with Crippen molar-refractivity contribution in [2.75, 3.05) is 23.7 Å². The fourth-order valence-electron chi connectivity index (χ4n) is 4.02. The molecule has 0 bridgehead atoms. The number of rotatable bonds is 6. The Morgan fingerprint density at radius 1 is 1.06 bits per heavy atom. The zero-order valence-corrected chi connectivity index (χ0v) is 19.9. The van der Waals surface area contributed by atoms with Crippen molar-refractivity contribution in [2.45, 2.75) is 26.8 Å². The highest BCUT2D eigenvalue weighted by Gasteiger charge is 2.28. The van der Waals surface area contributed by atoms with E-state index in [1.54, 1.807) is 30.2 Å². The summed E-state index contributed by atoms with van der Waals surface area (Å²) in [4.78, 5) is 14.4. The predicted molar refractivity (Wildman–Crippen MR) is 131 cm³/mol. The summed E-state index contributed by atoms with van der Waals surface area (Å²) >= 11 is 0. The maximum atomic E-state index is 12.7. The average Bonchev–Trinajstić information content (AvgIpc) is 3.31. The summed E-state index contributed by atoms with van der Waals surface area (Å²) in [6, 6.07) is 17.1. The van der Waals surface area contributed by atoms with Gasteiger partial charge < -0.3 is 4.90 Å². The van der Waals surface area contributed by atoms with Crippen LogP contribution in [0.4, 0.5) is 5.69 Å². The van der Waals surface area contributed by atoms with E-state index in [0.29, 0.717) is 25.2 Å². The van der Waals surface area contributed by atoms with Crippen LogP contribution in [0.2, 0.25) is 0 Å². The number of aromatic nitrogens is 2. The molecule has 33 heavy (non-hydrogen) atoms. The molecule has 0 unspecified atom stereocenters. The van der Waals surface area contributed by atoms with Gasteiger partial charge in [0.15, 0.2) is 0 Å². The lowest BCUT2D eigenvalue weighted by Gasteiger charge is -2.17. The summed E-state index contributed by atoms with van der Waals surface area (Å²) in [5.41, 5.74) is 5.42. The zero-order chi connectivity index (χ0) is 23.6. The van der Waals surface area contributed by atoms with Gasteiger partial charge in [-0.3, -0.25) is 9.10 Å². The SMILES string of the molecule is Cc1nn(-c2ccccc2)c(C)c1CN(C)C(=O)/C=C/c1ccc(N2CCCS2(=O)=O)cc1. The number of aryl methyl sites for hydroxylation is 1. The topological polar surface area (TPSA) is 75.5 Å². The number of nitrogens with zero attached hydrogens (tertiary/aromatic N) is 4. The lowest BCUT2D eigenvalue weighted by molar-refractivity contribution is -0.125. The Morgan fingerprint density at radius 2 is 1.76 bits per heavy atom. The van der Waals surface area contributed by atoms with Crippen LogP contribution in [-0.4, -0.2) is 48.4 Å². The molecule has 0 spiro atoms. The van der Waals surface area contributed by atoms with Crippen LogP contribution in [0.25, 0.3) is 11.8 Å². The molecular weight excluding hydrogens is 436 g/mol. The molecular formula is C25H28N4O3S. The maximum Gasteiger partial charge on any atom is 0.246 e. The summed E-state index contributed by atoms with van der Waals surface area (Å²) in [7, 11) is -1.42. The molecule has 2 heterocycles. The summed E-state index contributed by atoms with van der Waals surface area (Å²) < 4.78 is 27.5. The van der Waals surface area contributed by atoms with Gasteiger partial charge in [-0.2, -0.15) is 5.10 Å². The van der Waals surface area contributed by atoms with Gasteiger partial charge in [-0.15, -0.1) is 0 Å². The van der Waals surface area contributed by atoms with Gasteiger partial charge in [0, 0.05) is 37.5 Å². The average molecular weight is 465 g/mol. The Labute approximate surface area is 195 Å². The van der Waals surface area contributed by atoms with Crippen LogP contribution in [-0.2, 0) is 21.4 Å². The molecule has 0 radical (unpaired) electrons. The number of hydrogen-bond donors (Lipinski definition) is 0. The number of carbonyl (C=O) groups excluding carboxylic acids is 1. The number of para-hydroxylation sites is 1. The van der Waals surface area contributed by atoms with E-state index in [-0.39, 0.29) is 11.7 Å². The van der Waals surface area contributed by atoms with Crippen molar-refractivity contribution < 1.29 is 13.2 Å². The smallest absolute Gasteiger partial charge is 0.246 e. The quantitative estimate of drug-likeness (QED) is 0.522. The summed E-state index contributed by atoms with van der Waals surface area (Å²) in [5, 5.41) is 4.65. The van der Waals surface area contributed by atoms with E-state index in [1.165, 1.54) is 10.4 Å². The van der Waals surface area contributed by atoms with Crippen molar-refractivity contribution in [1.82, 2.24) is 14.7 Å². The molecule has 2 aromatic carbocycles. The molecule has 8 heteroatoms. The van der Waals surface area contributed by atoms with Gasteiger partial charge in [-0.25, -0.2) is 13.1 Å². The third-order valence-electron chi connectivity index (χ3n) is 5.91. The van der Waals surface area contributed by atoms with Crippen LogP contribution in [0, 0.1) is 13.8 Å². The molecule has 0 aliphatic carbocycles. The highest BCUT2D eigenvalue weighted by molar-refractivity contribution is 7.93. The van der Waals surface area contributed by atoms with Crippen molar-refractivity contribution in [3.05, 3.63) is 83.2 Å². The first-order chi connectivity index (χ1) is 15.8. The zero-order valence-electron chi connectivity index (χ0n) is 19.1. The van der Waals surface area contributed by atoms with E-state index < -0.39 is 10.0 Å². The minimum Gasteiger partial charge on any atom is -0.338 e. The van der Waals surface area contributed by atoms with Crippen LogP contribution in [0.1, 0.15) is 28.9 Å². The lowest BCUT2D eigenvalue weighted by Crippen LogP contribution is -2.25. The van der Waals surface area contributed by atoms with Crippen LogP contribution >= 0.6 is 0 Å². The molecule has 0 atom stereocenters. The van der Waals surface area contributed by atoms with E-state index in [9.17, 15) is 13.2 Å². The molecule has 3 aromatic rings. The molecule has 1 fully saturated rings. The lowest BCUT2D eigenvalue weighted by atomic mass is 10.1. The number of benzene rings is 2. The first-order valence-corrected chi connectivity index (χ1v) is 12.5. The second-order valence-corrected chi connectivity index (χ2v) is 10.3. The summed E-state index contributed by atoms with van der Waals surface area (Å²) in [5.74, 6) is 0.0751. The van der Waals surface area contributed by atoms with E-state index >= 15 is 0 Å². The number of sulfonamides is 1. The molecule has 0 saturated carbocycles. The van der Waals surface area contributed by atoms with E-state index in [1.807, 2.05) is 61.0 Å². The van der Waals surface area contributed by atoms with Crippen molar-refractivity contribution in [3.8, 4) is 5.69 Å². The van der Waals surface area contributed by atoms with Crippen LogP contribution in [0.5, 0.6) is 0 Å². The molecule has 1 aliphatic rings. The Bertz CT molecular complexity index is 1280. The molecule has 1 aliphatic heterocycles. The van der Waals surface area contributed by atoms with Crippen molar-refractivity contribution in [1.29, 1.82) is 0 Å². The van der Waals surface area contributed by atoms with Gasteiger partial charge in [0.05, 0.1) is 22.8 Å². The van der Waals surface area contributed by atoms with Gasteiger partial charge in [-0.1, -0.05) is 30.3 Å². The predicted octanol–water partition coefficient (Wildman–Crippen LogP) is 3.70. The van der Waals surface area contributed by atoms with Gasteiger partial charge >= 0.3 is 0 Å². The van der Waals surface area contributed by atoms with E-state index in [0.717, 1.165) is 28.2 Å². The normalized spacial score (nSPS) is 15.3. The summed E-state index contributed by atoms with van der Waals surface area (Å²) in [6.45, 7) is 4.94. The van der Waals surface area contributed by atoms with Crippen molar-refractivity contribution >= 4 is 27.7 Å². The van der Waals surface area contributed by atoms with Gasteiger partial charge in [-0.05, 0) is 56.2 Å². The highest BCUT2D eigenvalue weighted by atomic mass is 32.2. The Balaban J connectivity index is 1.43. The maximum absolute atomic E-state index is 12.7. The molecule has 0 N–H and O–H groups in total. The largest absolute Gasteiger partial charge is 0.338 e. The Hall–Kier alpha value is -3.39. The Kier molecular flexibility index (Phi) is 6.37. The number of anilines is 1. The third-order valence-corrected chi connectivity index (χ3v) is 7.78.